The molecule has 0 spiro atoms. The van der Waals surface area contributed by atoms with Crippen molar-refractivity contribution in [2.24, 2.45) is 5.16 Å². The van der Waals surface area contributed by atoms with E-state index >= 15 is 0 Å². The molecule has 12 heavy (non-hydrogen) atoms. The van der Waals surface area contributed by atoms with Crippen LogP contribution >= 0.6 is 11.6 Å². The number of likely N-dealkylation sites (tertiary alicyclic amines) is 1. The van der Waals surface area contributed by atoms with Crippen LogP contribution in [0.4, 0.5) is 4.79 Å². The number of carbonyl (C=O) groups is 1. The Morgan fingerprint density at radius 3 is 2.83 bits per heavy atom. The molecule has 1 aliphatic heterocycles. The van der Waals surface area contributed by atoms with Crippen molar-refractivity contribution < 1.29 is 15.1 Å². The summed E-state index contributed by atoms with van der Waals surface area (Å²) in [6, 6.07) is -0.464. The lowest BCUT2D eigenvalue weighted by Crippen LogP contribution is -2.37. The van der Waals surface area contributed by atoms with Crippen LogP contribution in [0, 0.1) is 0 Å². The van der Waals surface area contributed by atoms with Crippen molar-refractivity contribution in [2.75, 3.05) is 6.54 Å². The molecule has 1 heterocycles. The Morgan fingerprint density at radius 2 is 2.33 bits per heavy atom. The van der Waals surface area contributed by atoms with Gasteiger partial charge >= 0.3 is 6.09 Å². The molecule has 0 saturated carbocycles. The van der Waals surface area contributed by atoms with Crippen LogP contribution in [0.25, 0.3) is 0 Å². The number of oxime groups is 1. The van der Waals surface area contributed by atoms with Gasteiger partial charge in [0.25, 0.3) is 0 Å². The first kappa shape index (κ1) is 9.12. The van der Waals surface area contributed by atoms with Crippen molar-refractivity contribution in [3.63, 3.8) is 0 Å². The van der Waals surface area contributed by atoms with Gasteiger partial charge in [-0.05, 0) is 12.8 Å². The Balaban J connectivity index is 2.70. The van der Waals surface area contributed by atoms with Crippen molar-refractivity contribution in [1.29, 1.82) is 0 Å². The van der Waals surface area contributed by atoms with Gasteiger partial charge in [-0.25, -0.2) is 4.79 Å². The lowest BCUT2D eigenvalue weighted by Gasteiger charge is -2.18. The summed E-state index contributed by atoms with van der Waals surface area (Å²) in [5, 5.41) is 19.7. The van der Waals surface area contributed by atoms with Crippen LogP contribution in [0.15, 0.2) is 5.16 Å². The highest BCUT2D eigenvalue weighted by Gasteiger charge is 2.31. The van der Waals surface area contributed by atoms with Gasteiger partial charge in [0.05, 0.1) is 6.04 Å². The fraction of sp³-hybridized carbons (Fsp3) is 0.667. The summed E-state index contributed by atoms with van der Waals surface area (Å²) in [5.74, 6) is 0. The molecule has 1 amide bonds. The minimum absolute atomic E-state index is 0.0603. The van der Waals surface area contributed by atoms with E-state index in [9.17, 15) is 4.79 Å². The highest BCUT2D eigenvalue weighted by molar-refractivity contribution is 6.66. The molecule has 0 unspecified atom stereocenters. The number of amides is 1. The summed E-state index contributed by atoms with van der Waals surface area (Å²) >= 11 is 5.51. The molecule has 0 aliphatic carbocycles. The Bertz CT molecular complexity index is 219. The normalized spacial score (nSPS) is 24.6. The zero-order valence-electron chi connectivity index (χ0n) is 6.27. The molecular formula is C6H9ClN2O3. The number of carboxylic acid groups (broad SMARTS) is 1. The largest absolute Gasteiger partial charge is 0.465 e. The van der Waals surface area contributed by atoms with Crippen molar-refractivity contribution in [3.05, 3.63) is 0 Å². The Kier molecular flexibility index (Phi) is 2.75. The van der Waals surface area contributed by atoms with Gasteiger partial charge in [-0.3, -0.25) is 4.90 Å². The monoisotopic (exact) mass is 192 g/mol. The lowest BCUT2D eigenvalue weighted by atomic mass is 10.2. The molecule has 0 aromatic rings. The maximum Gasteiger partial charge on any atom is 0.407 e. The molecule has 1 fully saturated rings. The molecular weight excluding hydrogens is 184 g/mol. The average molecular weight is 193 g/mol. The Labute approximate surface area is 74.2 Å². The van der Waals surface area contributed by atoms with Crippen molar-refractivity contribution >= 4 is 22.9 Å². The highest BCUT2D eigenvalue weighted by Crippen LogP contribution is 2.19. The third-order valence-corrected chi connectivity index (χ3v) is 2.20. The van der Waals surface area contributed by atoms with E-state index in [0.717, 1.165) is 6.42 Å². The van der Waals surface area contributed by atoms with Gasteiger partial charge in [0.2, 0.25) is 0 Å². The van der Waals surface area contributed by atoms with Gasteiger partial charge in [-0.1, -0.05) is 16.8 Å². The molecule has 0 bridgehead atoms. The molecule has 0 aromatic heterocycles. The molecule has 68 valence electrons. The smallest absolute Gasteiger partial charge is 0.407 e. The first-order valence-corrected chi connectivity index (χ1v) is 3.91. The summed E-state index contributed by atoms with van der Waals surface area (Å²) < 4.78 is 0. The van der Waals surface area contributed by atoms with Gasteiger partial charge in [0.15, 0.2) is 5.17 Å². The number of rotatable bonds is 1. The van der Waals surface area contributed by atoms with E-state index in [0.29, 0.717) is 13.0 Å². The molecule has 2 N–H and O–H groups in total. The van der Waals surface area contributed by atoms with Crippen LogP contribution in [0.5, 0.6) is 0 Å². The zero-order valence-corrected chi connectivity index (χ0v) is 7.03. The third kappa shape index (κ3) is 1.61. The minimum Gasteiger partial charge on any atom is -0.465 e. The average Bonchev–Trinajstić information content (AvgIpc) is 2.50. The maximum absolute atomic E-state index is 10.6. The fourth-order valence-electron chi connectivity index (χ4n) is 1.31. The van der Waals surface area contributed by atoms with Gasteiger partial charge in [-0.15, -0.1) is 0 Å². The number of hydrogen-bond donors (Lipinski definition) is 2. The van der Waals surface area contributed by atoms with E-state index < -0.39 is 12.1 Å². The second-order valence-corrected chi connectivity index (χ2v) is 2.94. The quantitative estimate of drug-likeness (QED) is 0.372. The van der Waals surface area contributed by atoms with Crippen LogP contribution in [0.1, 0.15) is 12.8 Å². The van der Waals surface area contributed by atoms with Gasteiger partial charge < -0.3 is 10.3 Å². The predicted octanol–water partition coefficient (Wildman–Crippen LogP) is 1.16. The Hall–Kier alpha value is -0.970. The summed E-state index contributed by atoms with van der Waals surface area (Å²) in [6.07, 6.45) is 0.344. The van der Waals surface area contributed by atoms with Crippen molar-refractivity contribution in [1.82, 2.24) is 4.90 Å². The van der Waals surface area contributed by atoms with E-state index in [2.05, 4.69) is 5.16 Å². The first-order chi connectivity index (χ1) is 5.66. The predicted molar refractivity (Wildman–Crippen MR) is 42.8 cm³/mol. The number of halogens is 1. The molecule has 1 atom stereocenters. The topological polar surface area (TPSA) is 73.1 Å². The summed E-state index contributed by atoms with van der Waals surface area (Å²) in [6.45, 7) is 0.450. The van der Waals surface area contributed by atoms with Gasteiger partial charge in [-0.2, -0.15) is 0 Å². The minimum atomic E-state index is -1.03. The van der Waals surface area contributed by atoms with E-state index in [1.807, 2.05) is 0 Å². The highest BCUT2D eigenvalue weighted by atomic mass is 35.5. The third-order valence-electron chi connectivity index (χ3n) is 1.87. The summed E-state index contributed by atoms with van der Waals surface area (Å²) in [5.41, 5.74) is 0. The SMILES string of the molecule is O=C(O)N1CCC[C@@H]1/C(Cl)=N\O. The van der Waals surface area contributed by atoms with Crippen LogP contribution in [-0.2, 0) is 0 Å². The molecule has 0 aromatic carbocycles. The molecule has 6 heteroatoms. The van der Waals surface area contributed by atoms with Gasteiger partial charge in [0, 0.05) is 6.54 Å². The van der Waals surface area contributed by atoms with Crippen LogP contribution in [0.2, 0.25) is 0 Å². The number of hydrogen-bond acceptors (Lipinski definition) is 3. The van der Waals surface area contributed by atoms with E-state index in [4.69, 9.17) is 21.9 Å². The molecule has 1 saturated heterocycles. The molecule has 5 nitrogen and oxygen atoms in total. The summed E-state index contributed by atoms with van der Waals surface area (Å²) in [7, 11) is 0. The van der Waals surface area contributed by atoms with Crippen LogP contribution in [-0.4, -0.2) is 39.1 Å². The van der Waals surface area contributed by atoms with E-state index in [1.54, 1.807) is 0 Å². The first-order valence-electron chi connectivity index (χ1n) is 3.54. The van der Waals surface area contributed by atoms with Crippen LogP contribution in [0.3, 0.4) is 0 Å². The van der Waals surface area contributed by atoms with Crippen molar-refractivity contribution in [3.8, 4) is 0 Å². The second-order valence-electron chi connectivity index (χ2n) is 2.56. The fourth-order valence-corrected chi connectivity index (χ4v) is 1.54. The van der Waals surface area contributed by atoms with Gasteiger partial charge in [0.1, 0.15) is 0 Å². The summed E-state index contributed by atoms with van der Waals surface area (Å²) in [4.78, 5) is 11.7. The zero-order chi connectivity index (χ0) is 9.14. The maximum atomic E-state index is 10.6. The number of nitrogens with zero attached hydrogens (tertiary/aromatic N) is 2. The van der Waals surface area contributed by atoms with Crippen molar-refractivity contribution in [2.45, 2.75) is 18.9 Å². The van der Waals surface area contributed by atoms with E-state index in [1.165, 1.54) is 4.90 Å². The molecule has 0 radical (unpaired) electrons. The van der Waals surface area contributed by atoms with E-state index in [-0.39, 0.29) is 5.17 Å². The lowest BCUT2D eigenvalue weighted by molar-refractivity contribution is 0.149. The Morgan fingerprint density at radius 1 is 1.67 bits per heavy atom. The molecule has 1 rings (SSSR count). The molecule has 1 aliphatic rings. The van der Waals surface area contributed by atoms with Crippen LogP contribution < -0.4 is 0 Å². The standard InChI is InChI=1S/C6H9ClN2O3/c7-5(8-12)4-2-1-3-9(4)6(10)11/h4,12H,1-3H2,(H,10,11)/b8-5+/t4-/m1/s1. The second kappa shape index (κ2) is 3.62.